The van der Waals surface area contributed by atoms with Crippen molar-refractivity contribution in [2.75, 3.05) is 16.5 Å². The molecule has 3 rings (SSSR count). The summed E-state index contributed by atoms with van der Waals surface area (Å²) in [5.41, 5.74) is 0.974. The number of hydrogen-bond acceptors (Lipinski definition) is 7. The van der Waals surface area contributed by atoms with Crippen molar-refractivity contribution in [3.8, 4) is 11.6 Å². The summed E-state index contributed by atoms with van der Waals surface area (Å²) in [5, 5.41) is 6.02. The zero-order chi connectivity index (χ0) is 20.5. The summed E-state index contributed by atoms with van der Waals surface area (Å²) in [5.74, 6) is 1.05. The Balaban J connectivity index is 1.66. The van der Waals surface area contributed by atoms with E-state index in [1.807, 2.05) is 37.3 Å². The SMILES string of the molecule is CC(COCI)NC(=O)c1nccnc1Oc1ccc(Nc2ccccn2)cc1. The van der Waals surface area contributed by atoms with Crippen LogP contribution in [0, 0.1) is 0 Å². The van der Waals surface area contributed by atoms with Gasteiger partial charge in [-0.05, 0) is 43.3 Å². The fourth-order valence-corrected chi connectivity index (χ4v) is 2.67. The lowest BCUT2D eigenvalue weighted by atomic mass is 10.3. The van der Waals surface area contributed by atoms with Crippen molar-refractivity contribution in [3.63, 3.8) is 0 Å². The fourth-order valence-electron chi connectivity index (χ4n) is 2.41. The van der Waals surface area contributed by atoms with E-state index in [2.05, 4.69) is 48.2 Å². The number of nitrogens with zero attached hydrogens (tertiary/aromatic N) is 3. The number of aromatic nitrogens is 3. The number of nitrogens with one attached hydrogen (secondary N) is 2. The van der Waals surface area contributed by atoms with Gasteiger partial charge >= 0.3 is 0 Å². The second kappa shape index (κ2) is 10.7. The molecule has 8 nitrogen and oxygen atoms in total. The standard InChI is InChI=1S/C20H20IN5O3/c1-14(12-28-13-21)25-19(27)18-20(24-11-10-23-18)29-16-7-5-15(6-8-16)26-17-4-2-3-9-22-17/h2-11,14H,12-13H2,1H3,(H,22,26)(H,25,27). The molecule has 3 aromatic rings. The predicted molar refractivity (Wildman–Crippen MR) is 118 cm³/mol. The summed E-state index contributed by atoms with van der Waals surface area (Å²) in [6, 6.07) is 12.7. The molecule has 1 amide bonds. The first-order chi connectivity index (χ1) is 14.2. The van der Waals surface area contributed by atoms with Crippen LogP contribution in [0.25, 0.3) is 0 Å². The number of pyridine rings is 1. The number of benzene rings is 1. The van der Waals surface area contributed by atoms with Crippen LogP contribution in [0.3, 0.4) is 0 Å². The fraction of sp³-hybridized carbons (Fsp3) is 0.200. The maximum atomic E-state index is 12.5. The largest absolute Gasteiger partial charge is 0.437 e. The average Bonchev–Trinajstić information content (AvgIpc) is 2.75. The molecule has 1 aromatic carbocycles. The first-order valence-electron chi connectivity index (χ1n) is 8.87. The van der Waals surface area contributed by atoms with Crippen molar-refractivity contribution < 1.29 is 14.3 Å². The van der Waals surface area contributed by atoms with Gasteiger partial charge in [-0.3, -0.25) is 4.79 Å². The van der Waals surface area contributed by atoms with Crippen LogP contribution in [-0.2, 0) is 4.74 Å². The van der Waals surface area contributed by atoms with Crippen LogP contribution >= 0.6 is 22.6 Å². The lowest BCUT2D eigenvalue weighted by Gasteiger charge is -2.14. The van der Waals surface area contributed by atoms with Gasteiger partial charge in [0.25, 0.3) is 11.8 Å². The van der Waals surface area contributed by atoms with Gasteiger partial charge in [-0.1, -0.05) is 28.7 Å². The summed E-state index contributed by atoms with van der Waals surface area (Å²) in [6.45, 7) is 2.27. The van der Waals surface area contributed by atoms with Crippen LogP contribution in [0.1, 0.15) is 17.4 Å². The molecule has 0 radical (unpaired) electrons. The second-order valence-electron chi connectivity index (χ2n) is 6.03. The van der Waals surface area contributed by atoms with E-state index in [1.165, 1.54) is 12.4 Å². The number of ether oxygens (including phenoxy) is 2. The Morgan fingerprint density at radius 1 is 1.07 bits per heavy atom. The Bertz CT molecular complexity index is 925. The van der Waals surface area contributed by atoms with E-state index in [1.54, 1.807) is 18.3 Å². The third-order valence-corrected chi connectivity index (χ3v) is 4.15. The normalized spacial score (nSPS) is 11.5. The molecular formula is C20H20IN5O3. The summed E-state index contributed by atoms with van der Waals surface area (Å²) in [6.07, 6.45) is 4.65. The van der Waals surface area contributed by atoms with Gasteiger partial charge in [-0.2, -0.15) is 0 Å². The number of amides is 1. The molecule has 2 N–H and O–H groups in total. The third-order valence-electron chi connectivity index (χ3n) is 3.71. The average molecular weight is 505 g/mol. The van der Waals surface area contributed by atoms with Crippen LogP contribution in [0.2, 0.25) is 0 Å². The van der Waals surface area contributed by atoms with Crippen LogP contribution in [-0.4, -0.2) is 38.1 Å². The Kier molecular flexibility index (Phi) is 7.70. The predicted octanol–water partition coefficient (Wildman–Crippen LogP) is 3.93. The van der Waals surface area contributed by atoms with Gasteiger partial charge < -0.3 is 20.1 Å². The van der Waals surface area contributed by atoms with Gasteiger partial charge in [0.2, 0.25) is 0 Å². The van der Waals surface area contributed by atoms with E-state index in [4.69, 9.17) is 9.47 Å². The van der Waals surface area contributed by atoms with Crippen molar-refractivity contribution in [1.29, 1.82) is 0 Å². The van der Waals surface area contributed by atoms with Gasteiger partial charge in [0.15, 0.2) is 5.69 Å². The second-order valence-corrected chi connectivity index (χ2v) is 6.65. The number of carbonyl (C=O) groups excluding carboxylic acids is 1. The Morgan fingerprint density at radius 3 is 2.59 bits per heavy atom. The molecule has 1 atom stereocenters. The highest BCUT2D eigenvalue weighted by Gasteiger charge is 2.18. The minimum atomic E-state index is -0.369. The molecular weight excluding hydrogens is 485 g/mol. The van der Waals surface area contributed by atoms with E-state index < -0.39 is 0 Å². The molecule has 1 unspecified atom stereocenters. The van der Waals surface area contributed by atoms with E-state index in [-0.39, 0.29) is 23.5 Å². The zero-order valence-corrected chi connectivity index (χ0v) is 17.9. The highest BCUT2D eigenvalue weighted by molar-refractivity contribution is 14.1. The highest BCUT2D eigenvalue weighted by atomic mass is 127. The van der Waals surface area contributed by atoms with Crippen LogP contribution in [0.15, 0.2) is 61.1 Å². The van der Waals surface area contributed by atoms with E-state index in [0.29, 0.717) is 17.0 Å². The van der Waals surface area contributed by atoms with Crippen molar-refractivity contribution in [2.45, 2.75) is 13.0 Å². The Morgan fingerprint density at radius 2 is 1.86 bits per heavy atom. The van der Waals surface area contributed by atoms with Crippen molar-refractivity contribution in [2.24, 2.45) is 0 Å². The number of rotatable bonds is 9. The summed E-state index contributed by atoms with van der Waals surface area (Å²) < 4.78 is 11.7. The van der Waals surface area contributed by atoms with Crippen LogP contribution in [0.4, 0.5) is 11.5 Å². The monoisotopic (exact) mass is 505 g/mol. The molecule has 0 aliphatic carbocycles. The first kappa shape index (κ1) is 20.9. The molecule has 0 aliphatic rings. The van der Waals surface area contributed by atoms with E-state index in [0.717, 1.165) is 11.5 Å². The zero-order valence-electron chi connectivity index (χ0n) is 15.7. The number of anilines is 2. The van der Waals surface area contributed by atoms with E-state index in [9.17, 15) is 4.79 Å². The molecule has 0 saturated heterocycles. The maximum absolute atomic E-state index is 12.5. The van der Waals surface area contributed by atoms with Gasteiger partial charge in [0.05, 0.1) is 11.2 Å². The molecule has 0 fully saturated rings. The molecule has 0 saturated carbocycles. The number of alkyl halides is 1. The lowest BCUT2D eigenvalue weighted by Crippen LogP contribution is -2.36. The van der Waals surface area contributed by atoms with Crippen molar-refractivity contribution in [3.05, 3.63) is 66.7 Å². The minimum absolute atomic E-state index is 0.115. The molecule has 2 aromatic heterocycles. The van der Waals surface area contributed by atoms with Gasteiger partial charge in [-0.25, -0.2) is 15.0 Å². The molecule has 29 heavy (non-hydrogen) atoms. The van der Waals surface area contributed by atoms with Gasteiger partial charge in [-0.15, -0.1) is 0 Å². The maximum Gasteiger partial charge on any atom is 0.275 e. The molecule has 150 valence electrons. The quantitative estimate of drug-likeness (QED) is 0.336. The summed E-state index contributed by atoms with van der Waals surface area (Å²) in [7, 11) is 0. The number of hydrogen-bond donors (Lipinski definition) is 2. The molecule has 9 heteroatoms. The minimum Gasteiger partial charge on any atom is -0.437 e. The first-order valence-corrected chi connectivity index (χ1v) is 10.4. The Labute approximate surface area is 182 Å². The highest BCUT2D eigenvalue weighted by Crippen LogP contribution is 2.24. The number of halogens is 1. The third kappa shape index (κ3) is 6.36. The topological polar surface area (TPSA) is 98.3 Å². The molecule has 2 heterocycles. The summed E-state index contributed by atoms with van der Waals surface area (Å²) in [4.78, 5) is 25.0. The van der Waals surface area contributed by atoms with Crippen LogP contribution in [0.5, 0.6) is 11.6 Å². The van der Waals surface area contributed by atoms with Crippen LogP contribution < -0.4 is 15.4 Å². The van der Waals surface area contributed by atoms with Gasteiger partial charge in [0.1, 0.15) is 11.6 Å². The molecule has 0 bridgehead atoms. The van der Waals surface area contributed by atoms with Gasteiger partial charge in [0, 0.05) is 30.3 Å². The number of carbonyl (C=O) groups is 1. The molecule has 0 spiro atoms. The van der Waals surface area contributed by atoms with E-state index >= 15 is 0 Å². The summed E-state index contributed by atoms with van der Waals surface area (Å²) >= 11 is 2.11. The Hall–Kier alpha value is -2.79. The van der Waals surface area contributed by atoms with Crippen molar-refractivity contribution in [1.82, 2.24) is 20.3 Å². The lowest BCUT2D eigenvalue weighted by molar-refractivity contribution is 0.0894. The van der Waals surface area contributed by atoms with Crippen molar-refractivity contribution >= 4 is 40.0 Å². The molecule has 0 aliphatic heterocycles. The smallest absolute Gasteiger partial charge is 0.275 e.